The average Bonchev–Trinajstić information content (AvgIpc) is 3.06. The van der Waals surface area contributed by atoms with E-state index in [4.69, 9.17) is 13.3 Å². The highest BCUT2D eigenvalue weighted by Gasteiger charge is 2.44. The van der Waals surface area contributed by atoms with Gasteiger partial charge in [0, 0.05) is 32.7 Å². The molecule has 1 fully saturated rings. The molecule has 0 radical (unpaired) electrons. The van der Waals surface area contributed by atoms with Crippen LogP contribution in [0.2, 0.25) is 6.04 Å². The number of rotatable bonds is 14. The minimum Gasteiger partial charge on any atom is -0.418 e. The number of nitrogens with zero attached hydrogens (tertiary/aromatic N) is 1. The van der Waals surface area contributed by atoms with Crippen molar-refractivity contribution < 1.29 is 35.0 Å². The number of quaternary nitrogens is 1. The predicted molar refractivity (Wildman–Crippen MR) is 109 cm³/mol. The lowest BCUT2D eigenvalue weighted by Crippen LogP contribution is -2.53. The van der Waals surface area contributed by atoms with Crippen LogP contribution in [-0.4, -0.2) is 66.5 Å². The first-order chi connectivity index (χ1) is 13.2. The number of halogens is 4. The van der Waals surface area contributed by atoms with Crippen LogP contribution < -0.4 is 0 Å². The van der Waals surface area contributed by atoms with Gasteiger partial charge in [0.05, 0.1) is 32.2 Å². The fraction of sp³-hybridized carbons (Fsp3) is 1.00. The Hall–Kier alpha value is -0.158. The van der Waals surface area contributed by atoms with Crippen LogP contribution in [0.25, 0.3) is 0 Å². The van der Waals surface area contributed by atoms with Crippen LogP contribution in [0.15, 0.2) is 0 Å². The van der Waals surface area contributed by atoms with Gasteiger partial charge >= 0.3 is 16.1 Å². The van der Waals surface area contributed by atoms with Crippen LogP contribution >= 0.6 is 0 Å². The molecule has 0 N–H and O–H groups in total. The average molecular weight is 433 g/mol. The van der Waals surface area contributed by atoms with Gasteiger partial charge < -0.3 is 35.0 Å². The van der Waals surface area contributed by atoms with Gasteiger partial charge in [0.1, 0.15) is 0 Å². The Labute approximate surface area is 170 Å². The summed E-state index contributed by atoms with van der Waals surface area (Å²) in [5.41, 5.74) is 0. The molecule has 0 aromatic carbocycles. The summed E-state index contributed by atoms with van der Waals surface area (Å²) in [4.78, 5) is 0. The Morgan fingerprint density at radius 3 is 1.61 bits per heavy atom. The summed E-state index contributed by atoms with van der Waals surface area (Å²) >= 11 is 0. The molecule has 0 amide bonds. The number of unbranched alkanes of at least 4 members (excludes halogenated alkanes) is 3. The summed E-state index contributed by atoms with van der Waals surface area (Å²) < 4.78 is 58.4. The molecule has 1 aliphatic heterocycles. The van der Waals surface area contributed by atoms with Crippen molar-refractivity contribution in [3.8, 4) is 0 Å². The van der Waals surface area contributed by atoms with E-state index in [-0.39, 0.29) is 0 Å². The standard InChI is InChI=1S/C18H40NO3Si.BF4/c1-5-9-10-11-14-19(15-12-13-16-19)17-18-23(20-6-2,21-7-3)22-8-4;2-1(3,4)5/h5-18H2,1-4H3;/q+1;-1. The van der Waals surface area contributed by atoms with Crippen molar-refractivity contribution in [2.75, 3.05) is 46.0 Å². The highest BCUT2D eigenvalue weighted by molar-refractivity contribution is 6.60. The third-order valence-electron chi connectivity index (χ3n) is 4.99. The van der Waals surface area contributed by atoms with Crippen molar-refractivity contribution in [1.82, 2.24) is 0 Å². The van der Waals surface area contributed by atoms with Gasteiger partial charge in [0.25, 0.3) is 0 Å². The maximum atomic E-state index is 9.75. The maximum absolute atomic E-state index is 9.75. The van der Waals surface area contributed by atoms with Gasteiger partial charge in [-0.2, -0.15) is 0 Å². The summed E-state index contributed by atoms with van der Waals surface area (Å²) in [5.74, 6) is 0. The van der Waals surface area contributed by atoms with Crippen molar-refractivity contribution in [2.24, 2.45) is 0 Å². The lowest BCUT2D eigenvalue weighted by atomic mass is 10.2. The molecule has 0 atom stereocenters. The molecule has 0 spiro atoms. The smallest absolute Gasteiger partial charge is 0.418 e. The summed E-state index contributed by atoms with van der Waals surface area (Å²) in [6.07, 6.45) is 8.17. The van der Waals surface area contributed by atoms with E-state index in [9.17, 15) is 17.3 Å². The first-order valence-electron chi connectivity index (χ1n) is 10.8. The minimum absolute atomic E-state index is 0.683. The quantitative estimate of drug-likeness (QED) is 0.156. The largest absolute Gasteiger partial charge is 0.673 e. The lowest BCUT2D eigenvalue weighted by molar-refractivity contribution is -0.915. The van der Waals surface area contributed by atoms with E-state index in [0.717, 1.165) is 6.04 Å². The second-order valence-electron chi connectivity index (χ2n) is 7.23. The van der Waals surface area contributed by atoms with Gasteiger partial charge in [0.15, 0.2) is 0 Å². The van der Waals surface area contributed by atoms with Crippen molar-refractivity contribution in [3.63, 3.8) is 0 Å². The molecule has 0 aromatic heterocycles. The number of hydrogen-bond acceptors (Lipinski definition) is 3. The first kappa shape index (κ1) is 27.8. The maximum Gasteiger partial charge on any atom is 0.673 e. The Balaban J connectivity index is 0.00000129. The zero-order valence-corrected chi connectivity index (χ0v) is 19.2. The van der Waals surface area contributed by atoms with Crippen LogP contribution in [0.4, 0.5) is 17.3 Å². The Kier molecular flexibility index (Phi) is 14.7. The van der Waals surface area contributed by atoms with Crippen LogP contribution in [0.5, 0.6) is 0 Å². The van der Waals surface area contributed by atoms with Gasteiger partial charge in [-0.05, 0) is 33.6 Å². The highest BCUT2D eigenvalue weighted by atomic mass is 28.4. The highest BCUT2D eigenvalue weighted by Crippen LogP contribution is 2.26. The molecular weight excluding hydrogens is 393 g/mol. The second kappa shape index (κ2) is 14.8. The van der Waals surface area contributed by atoms with Crippen LogP contribution in [-0.2, 0) is 13.3 Å². The molecule has 28 heavy (non-hydrogen) atoms. The van der Waals surface area contributed by atoms with Crippen LogP contribution in [0.3, 0.4) is 0 Å². The molecule has 0 bridgehead atoms. The van der Waals surface area contributed by atoms with E-state index in [1.807, 2.05) is 20.8 Å². The number of likely N-dealkylation sites (tertiary alicyclic amines) is 1. The molecule has 10 heteroatoms. The molecule has 0 unspecified atom stereocenters. The normalized spacial score (nSPS) is 16.7. The van der Waals surface area contributed by atoms with E-state index in [0.29, 0.717) is 19.8 Å². The Bertz CT molecular complexity index is 363. The zero-order chi connectivity index (χ0) is 21.5. The van der Waals surface area contributed by atoms with Gasteiger partial charge in [-0.25, -0.2) is 0 Å². The van der Waals surface area contributed by atoms with Gasteiger partial charge in [-0.3, -0.25) is 0 Å². The Morgan fingerprint density at radius 2 is 1.21 bits per heavy atom. The van der Waals surface area contributed by atoms with Crippen molar-refractivity contribution in [3.05, 3.63) is 0 Å². The molecule has 4 nitrogen and oxygen atoms in total. The summed E-state index contributed by atoms with van der Waals surface area (Å²) in [6, 6.07) is 0.969. The van der Waals surface area contributed by atoms with Crippen LogP contribution in [0, 0.1) is 0 Å². The van der Waals surface area contributed by atoms with Crippen LogP contribution in [0.1, 0.15) is 66.2 Å². The fourth-order valence-electron chi connectivity index (χ4n) is 3.81. The van der Waals surface area contributed by atoms with Gasteiger partial charge in [-0.1, -0.05) is 19.8 Å². The topological polar surface area (TPSA) is 27.7 Å². The first-order valence-corrected chi connectivity index (χ1v) is 12.7. The molecule has 1 aliphatic rings. The fourth-order valence-corrected chi connectivity index (χ4v) is 6.57. The molecular formula is C18H40BF4NO3Si. The molecule has 0 aromatic rings. The molecule has 0 aliphatic carbocycles. The molecule has 1 rings (SSSR count). The zero-order valence-electron chi connectivity index (χ0n) is 18.2. The van der Waals surface area contributed by atoms with E-state index in [1.165, 1.54) is 69.2 Å². The Morgan fingerprint density at radius 1 is 0.750 bits per heavy atom. The third-order valence-corrected chi connectivity index (χ3v) is 8.01. The molecule has 1 saturated heterocycles. The van der Waals surface area contributed by atoms with Crippen molar-refractivity contribution in [2.45, 2.75) is 72.3 Å². The van der Waals surface area contributed by atoms with Crippen molar-refractivity contribution >= 4 is 16.1 Å². The molecule has 170 valence electrons. The van der Waals surface area contributed by atoms with E-state index >= 15 is 0 Å². The van der Waals surface area contributed by atoms with Crippen molar-refractivity contribution in [1.29, 1.82) is 0 Å². The van der Waals surface area contributed by atoms with E-state index in [2.05, 4.69) is 6.92 Å². The predicted octanol–water partition coefficient (Wildman–Crippen LogP) is 5.53. The lowest BCUT2D eigenvalue weighted by Gasteiger charge is -2.37. The van der Waals surface area contributed by atoms with Gasteiger partial charge in [0.2, 0.25) is 0 Å². The van der Waals surface area contributed by atoms with Gasteiger partial charge in [-0.15, -0.1) is 0 Å². The minimum atomic E-state index is -6.00. The van der Waals surface area contributed by atoms with E-state index in [1.54, 1.807) is 0 Å². The van der Waals surface area contributed by atoms with E-state index < -0.39 is 16.1 Å². The third kappa shape index (κ3) is 13.1. The summed E-state index contributed by atoms with van der Waals surface area (Å²) in [5, 5.41) is 0. The molecule has 1 heterocycles. The summed E-state index contributed by atoms with van der Waals surface area (Å²) in [6.45, 7) is 15.6. The monoisotopic (exact) mass is 433 g/mol. The second-order valence-corrected chi connectivity index (χ2v) is 9.96. The number of hydrogen-bond donors (Lipinski definition) is 0. The molecule has 0 saturated carbocycles. The summed E-state index contributed by atoms with van der Waals surface area (Å²) in [7, 11) is -8.48. The SMILES string of the molecule is CCCCCC[N+]1(CC[Si](OCC)(OCC)OCC)CCCC1.F[B-](F)(F)F.